The molecule has 8 heteroatoms. The summed E-state index contributed by atoms with van der Waals surface area (Å²) in [5, 5.41) is -0.0177. The lowest BCUT2D eigenvalue weighted by atomic mass is 10.4. The van der Waals surface area contributed by atoms with Gasteiger partial charge in [0.1, 0.15) is 4.90 Å². The van der Waals surface area contributed by atoms with Crippen LogP contribution in [0.25, 0.3) is 0 Å². The monoisotopic (exact) mass is 337 g/mol. The molecule has 0 aliphatic rings. The van der Waals surface area contributed by atoms with Gasteiger partial charge in [0, 0.05) is 12.8 Å². The molecule has 0 unspecified atom stereocenters. The zero-order chi connectivity index (χ0) is 15.4. The second-order valence-electron chi connectivity index (χ2n) is 4.12. The fraction of sp³-hybridized carbons (Fsp3) is 0.333. The number of sulfonamides is 1. The minimum Gasteiger partial charge on any atom is -0.224 e. The molecular weight excluding hydrogens is 322 g/mol. The highest BCUT2D eigenvalue weighted by Gasteiger charge is 2.20. The predicted molar refractivity (Wildman–Crippen MR) is 79.2 cm³/mol. The van der Waals surface area contributed by atoms with E-state index in [0.29, 0.717) is 6.42 Å². The molecule has 0 bridgehead atoms. The molecule has 0 saturated heterocycles. The molecule has 1 N–H and O–H groups in total. The Morgan fingerprint density at radius 1 is 1.25 bits per heavy atom. The van der Waals surface area contributed by atoms with E-state index in [1.165, 1.54) is 12.1 Å². The molecule has 112 valence electrons. The first-order valence-electron chi connectivity index (χ1n) is 5.79. The van der Waals surface area contributed by atoms with E-state index >= 15 is 0 Å². The van der Waals surface area contributed by atoms with Crippen LogP contribution in [0.5, 0.6) is 0 Å². The van der Waals surface area contributed by atoms with Crippen molar-refractivity contribution in [1.82, 2.24) is 4.72 Å². The van der Waals surface area contributed by atoms with E-state index in [4.69, 9.17) is 11.6 Å². The van der Waals surface area contributed by atoms with Gasteiger partial charge in [-0.3, -0.25) is 0 Å². The van der Waals surface area contributed by atoms with Gasteiger partial charge in [-0.2, -0.15) is 0 Å². The topological polar surface area (TPSA) is 80.3 Å². The highest BCUT2D eigenvalue weighted by molar-refractivity contribution is 7.91. The van der Waals surface area contributed by atoms with Crippen molar-refractivity contribution in [2.45, 2.75) is 23.1 Å². The molecule has 0 atom stereocenters. The SMILES string of the molecule is C/C=C/CCNS(=O)(=O)c1cc(S(C)(=O)=O)ccc1Cl. The molecule has 0 heterocycles. The molecule has 0 aliphatic carbocycles. The third kappa shape index (κ3) is 4.59. The minimum absolute atomic E-state index is 0.0177. The zero-order valence-corrected chi connectivity index (χ0v) is 13.5. The lowest BCUT2D eigenvalue weighted by Crippen LogP contribution is -2.25. The summed E-state index contributed by atoms with van der Waals surface area (Å²) in [4.78, 5) is -0.321. The Morgan fingerprint density at radius 3 is 2.45 bits per heavy atom. The number of benzene rings is 1. The van der Waals surface area contributed by atoms with Crippen LogP contribution in [-0.2, 0) is 19.9 Å². The summed E-state index contributed by atoms with van der Waals surface area (Å²) in [5.41, 5.74) is 0. The van der Waals surface area contributed by atoms with Gasteiger partial charge < -0.3 is 0 Å². The van der Waals surface area contributed by atoms with Gasteiger partial charge in [0.05, 0.1) is 9.92 Å². The van der Waals surface area contributed by atoms with Crippen molar-refractivity contribution >= 4 is 31.5 Å². The molecule has 0 amide bonds. The zero-order valence-electron chi connectivity index (χ0n) is 11.1. The van der Waals surface area contributed by atoms with Crippen LogP contribution in [-0.4, -0.2) is 29.6 Å². The third-order valence-electron chi connectivity index (χ3n) is 2.46. The summed E-state index contributed by atoms with van der Waals surface area (Å²) >= 11 is 5.84. The number of nitrogens with one attached hydrogen (secondary N) is 1. The second kappa shape index (κ2) is 6.71. The van der Waals surface area contributed by atoms with Crippen molar-refractivity contribution in [3.05, 3.63) is 35.4 Å². The lowest BCUT2D eigenvalue weighted by Gasteiger charge is -2.09. The van der Waals surface area contributed by atoms with Crippen molar-refractivity contribution in [2.24, 2.45) is 0 Å². The Balaban J connectivity index is 3.11. The molecule has 0 fully saturated rings. The van der Waals surface area contributed by atoms with Gasteiger partial charge in [-0.25, -0.2) is 21.6 Å². The van der Waals surface area contributed by atoms with Crippen LogP contribution in [0.3, 0.4) is 0 Å². The molecule has 5 nitrogen and oxygen atoms in total. The summed E-state index contributed by atoms with van der Waals surface area (Å²) in [6.07, 6.45) is 5.17. The number of sulfone groups is 1. The van der Waals surface area contributed by atoms with Crippen molar-refractivity contribution < 1.29 is 16.8 Å². The van der Waals surface area contributed by atoms with E-state index in [1.54, 1.807) is 0 Å². The molecule has 1 aromatic carbocycles. The van der Waals surface area contributed by atoms with Crippen molar-refractivity contribution in [3.8, 4) is 0 Å². The van der Waals surface area contributed by atoms with Crippen molar-refractivity contribution in [3.63, 3.8) is 0 Å². The number of allylic oxidation sites excluding steroid dienone is 1. The van der Waals surface area contributed by atoms with E-state index in [-0.39, 0.29) is 21.4 Å². The number of rotatable bonds is 6. The Labute approximate surface area is 124 Å². The van der Waals surface area contributed by atoms with Gasteiger partial charge in [0.2, 0.25) is 10.0 Å². The molecule has 0 aromatic heterocycles. The van der Waals surface area contributed by atoms with E-state index in [2.05, 4.69) is 4.72 Å². The van der Waals surface area contributed by atoms with Crippen molar-refractivity contribution in [1.29, 1.82) is 0 Å². The Kier molecular flexibility index (Phi) is 5.76. The van der Waals surface area contributed by atoms with Gasteiger partial charge in [-0.1, -0.05) is 23.8 Å². The first kappa shape index (κ1) is 17.2. The second-order valence-corrected chi connectivity index (χ2v) is 8.28. The summed E-state index contributed by atoms with van der Waals surface area (Å²) in [6.45, 7) is 2.05. The molecule has 20 heavy (non-hydrogen) atoms. The standard InChI is InChI=1S/C12H16ClNO4S2/c1-3-4-5-8-14-20(17,18)12-9-10(19(2,15)16)6-7-11(12)13/h3-4,6-7,9,14H,5,8H2,1-2H3/b4-3+. The molecule has 0 saturated carbocycles. The fourth-order valence-corrected chi connectivity index (χ4v) is 3.73. The van der Waals surface area contributed by atoms with Crippen LogP contribution in [0, 0.1) is 0 Å². The highest BCUT2D eigenvalue weighted by Crippen LogP contribution is 2.24. The van der Waals surface area contributed by atoms with Gasteiger partial charge in [0.15, 0.2) is 9.84 Å². The molecule has 0 spiro atoms. The largest absolute Gasteiger partial charge is 0.242 e. The van der Waals surface area contributed by atoms with E-state index in [0.717, 1.165) is 12.3 Å². The normalized spacial score (nSPS) is 12.9. The third-order valence-corrected chi connectivity index (χ3v) is 5.51. The summed E-state index contributed by atoms with van der Waals surface area (Å²) in [7, 11) is -7.33. The maximum absolute atomic E-state index is 12.1. The van der Waals surface area contributed by atoms with Crippen LogP contribution < -0.4 is 4.72 Å². The Morgan fingerprint density at radius 2 is 1.90 bits per heavy atom. The first-order valence-corrected chi connectivity index (χ1v) is 9.54. The van der Waals surface area contributed by atoms with Crippen LogP contribution >= 0.6 is 11.6 Å². The maximum Gasteiger partial charge on any atom is 0.242 e. The molecule has 0 radical (unpaired) electrons. The number of halogens is 1. The van der Waals surface area contributed by atoms with Crippen LogP contribution in [0.4, 0.5) is 0 Å². The van der Waals surface area contributed by atoms with Crippen LogP contribution in [0.2, 0.25) is 5.02 Å². The molecule has 1 rings (SSSR count). The quantitative estimate of drug-likeness (QED) is 0.636. The minimum atomic E-state index is -3.83. The first-order chi connectivity index (χ1) is 9.18. The Hall–Kier alpha value is -0.890. The predicted octanol–water partition coefficient (Wildman–Crippen LogP) is 1.99. The molecule has 1 aromatic rings. The molecular formula is C12H16ClNO4S2. The number of hydrogen-bond donors (Lipinski definition) is 1. The van der Waals surface area contributed by atoms with Gasteiger partial charge in [-0.05, 0) is 31.5 Å². The van der Waals surface area contributed by atoms with Crippen molar-refractivity contribution in [2.75, 3.05) is 12.8 Å². The number of hydrogen-bond acceptors (Lipinski definition) is 4. The average Bonchev–Trinajstić information content (AvgIpc) is 2.33. The molecule has 0 aliphatic heterocycles. The summed E-state index contributed by atoms with van der Waals surface area (Å²) in [5.74, 6) is 0. The smallest absolute Gasteiger partial charge is 0.224 e. The lowest BCUT2D eigenvalue weighted by molar-refractivity contribution is 0.582. The van der Waals surface area contributed by atoms with E-state index < -0.39 is 19.9 Å². The highest BCUT2D eigenvalue weighted by atomic mass is 35.5. The van der Waals surface area contributed by atoms with Crippen LogP contribution in [0.15, 0.2) is 40.1 Å². The van der Waals surface area contributed by atoms with Crippen LogP contribution in [0.1, 0.15) is 13.3 Å². The van der Waals surface area contributed by atoms with Gasteiger partial charge in [0.25, 0.3) is 0 Å². The maximum atomic E-state index is 12.1. The van der Waals surface area contributed by atoms with Gasteiger partial charge >= 0.3 is 0 Å². The van der Waals surface area contributed by atoms with E-state index in [9.17, 15) is 16.8 Å². The average molecular weight is 338 g/mol. The fourth-order valence-electron chi connectivity index (χ4n) is 1.44. The van der Waals surface area contributed by atoms with Gasteiger partial charge in [-0.15, -0.1) is 0 Å². The van der Waals surface area contributed by atoms with E-state index in [1.807, 2.05) is 19.1 Å². The Bertz CT molecular complexity index is 709. The summed E-state index contributed by atoms with van der Waals surface area (Å²) < 4.78 is 49.4. The summed E-state index contributed by atoms with van der Waals surface area (Å²) in [6, 6.07) is 3.60.